The molecule has 3 rings (SSSR count). The van der Waals surface area contributed by atoms with Gasteiger partial charge < -0.3 is 0 Å². The Hall–Kier alpha value is -2.34. The van der Waals surface area contributed by atoms with Gasteiger partial charge in [-0.2, -0.15) is 0 Å². The molecule has 0 unspecified atom stereocenters. The van der Waals surface area contributed by atoms with Crippen molar-refractivity contribution in [3.63, 3.8) is 0 Å². The van der Waals surface area contributed by atoms with Gasteiger partial charge in [0.1, 0.15) is 5.17 Å². The van der Waals surface area contributed by atoms with Gasteiger partial charge in [0, 0.05) is 29.1 Å². The molecule has 0 saturated carbocycles. The number of carbonyl (C=O) groups excluding carboxylic acids is 1. The summed E-state index contributed by atoms with van der Waals surface area (Å²) in [5.41, 5.74) is 8.61. The van der Waals surface area contributed by atoms with Crippen molar-refractivity contribution >= 4 is 34.4 Å². The van der Waals surface area contributed by atoms with Crippen molar-refractivity contribution in [1.82, 2.24) is 10.9 Å². The van der Waals surface area contributed by atoms with E-state index in [1.807, 2.05) is 48.5 Å². The maximum atomic E-state index is 11.0. The van der Waals surface area contributed by atoms with Crippen molar-refractivity contribution < 1.29 is 4.79 Å². The highest BCUT2D eigenvalue weighted by Gasteiger charge is 2.10. The Bertz CT molecular complexity index is 850. The molecule has 2 aromatic rings. The lowest BCUT2D eigenvalue weighted by Crippen LogP contribution is -2.36. The number of fused-ring (bicyclic) bond motifs is 1. The zero-order valence-electron chi connectivity index (χ0n) is 15.8. The fourth-order valence-corrected chi connectivity index (χ4v) is 3.53. The number of benzene rings is 2. The van der Waals surface area contributed by atoms with Gasteiger partial charge in [-0.1, -0.05) is 84.9 Å². The average Bonchev–Trinajstić information content (AvgIpc) is 2.88. The van der Waals surface area contributed by atoms with E-state index in [2.05, 4.69) is 40.8 Å². The molecule has 0 spiro atoms. The minimum Gasteiger partial charge on any atom is -0.291 e. The van der Waals surface area contributed by atoms with E-state index in [9.17, 15) is 4.79 Å². The summed E-state index contributed by atoms with van der Waals surface area (Å²) in [5.74, 6) is -0.0732. The highest BCUT2D eigenvalue weighted by Crippen LogP contribution is 2.30. The quantitative estimate of drug-likeness (QED) is 0.491. The van der Waals surface area contributed by atoms with Crippen molar-refractivity contribution in [1.29, 1.82) is 0 Å². The number of thioether (sulfide) groups is 1. The van der Waals surface area contributed by atoms with Crippen LogP contribution < -0.4 is 10.9 Å². The lowest BCUT2D eigenvalue weighted by atomic mass is 10.2. The molecule has 0 fully saturated rings. The zero-order chi connectivity index (χ0) is 20.2. The minimum absolute atomic E-state index is 0.0732. The van der Waals surface area contributed by atoms with E-state index < -0.39 is 0 Å². The van der Waals surface area contributed by atoms with Crippen LogP contribution in [0.15, 0.2) is 88.2 Å². The SMILES string of the molecule is C=CCC(=O)NNCc1ccccc1.CCC1=CSc2ccccc2C(Cl)=N1. The Morgan fingerprint density at radius 1 is 1.18 bits per heavy atom. The number of aliphatic imine (C=N–C) groups is 1. The Morgan fingerprint density at radius 2 is 1.89 bits per heavy atom. The lowest BCUT2D eigenvalue weighted by Gasteiger charge is -2.05. The standard InChI is InChI=1S/C11H10ClNS.C11H14N2O/c1-2-8-7-14-10-6-4-3-5-9(10)11(12)13-8;1-2-6-11(14)13-12-9-10-7-4-3-5-8-10/h3-7H,2H2,1H3;2-5,7-8,12H,1,6,9H2,(H,13,14). The molecule has 146 valence electrons. The third-order valence-corrected chi connectivity index (χ3v) is 5.02. The van der Waals surface area contributed by atoms with E-state index >= 15 is 0 Å². The van der Waals surface area contributed by atoms with Crippen molar-refractivity contribution in [3.05, 3.63) is 89.5 Å². The summed E-state index contributed by atoms with van der Waals surface area (Å²) in [6.45, 7) is 6.19. The van der Waals surface area contributed by atoms with Crippen LogP contribution in [0.5, 0.6) is 0 Å². The van der Waals surface area contributed by atoms with Crippen molar-refractivity contribution in [2.75, 3.05) is 0 Å². The maximum absolute atomic E-state index is 11.0. The fourth-order valence-electron chi connectivity index (χ4n) is 2.27. The van der Waals surface area contributed by atoms with Crippen LogP contribution >= 0.6 is 23.4 Å². The minimum atomic E-state index is -0.0732. The molecule has 1 aliphatic heterocycles. The number of allylic oxidation sites excluding steroid dienone is 1. The molecule has 0 aliphatic carbocycles. The first-order chi connectivity index (χ1) is 13.6. The molecule has 2 aromatic carbocycles. The van der Waals surface area contributed by atoms with Crippen LogP contribution in [0.25, 0.3) is 0 Å². The normalized spacial score (nSPS) is 12.4. The van der Waals surface area contributed by atoms with Crippen molar-refractivity contribution in [2.24, 2.45) is 4.99 Å². The van der Waals surface area contributed by atoms with Gasteiger partial charge >= 0.3 is 0 Å². The predicted octanol–water partition coefficient (Wildman–Crippen LogP) is 5.41. The number of amides is 1. The van der Waals surface area contributed by atoms with Crippen molar-refractivity contribution in [2.45, 2.75) is 31.2 Å². The summed E-state index contributed by atoms with van der Waals surface area (Å²) in [7, 11) is 0. The molecule has 6 heteroatoms. The summed E-state index contributed by atoms with van der Waals surface area (Å²) < 4.78 is 0. The molecule has 4 nitrogen and oxygen atoms in total. The summed E-state index contributed by atoms with van der Waals surface area (Å²) in [6, 6.07) is 17.9. The Kier molecular flexibility index (Phi) is 9.55. The first-order valence-corrected chi connectivity index (χ1v) is 10.3. The van der Waals surface area contributed by atoms with Gasteiger partial charge in [0.05, 0.1) is 0 Å². The van der Waals surface area contributed by atoms with Gasteiger partial charge in [-0.05, 0) is 23.5 Å². The van der Waals surface area contributed by atoms with Crippen LogP contribution in [0.1, 0.15) is 30.9 Å². The predicted molar refractivity (Wildman–Crippen MR) is 119 cm³/mol. The third-order valence-electron chi connectivity index (χ3n) is 3.73. The van der Waals surface area contributed by atoms with Gasteiger partial charge in [-0.25, -0.2) is 10.4 Å². The molecule has 2 N–H and O–H groups in total. The zero-order valence-corrected chi connectivity index (χ0v) is 17.4. The second-order valence-corrected chi connectivity index (χ2v) is 7.13. The second-order valence-electron chi connectivity index (χ2n) is 5.86. The highest BCUT2D eigenvalue weighted by atomic mass is 35.5. The molecule has 1 heterocycles. The number of nitrogens with zero attached hydrogens (tertiary/aromatic N) is 1. The van der Waals surface area contributed by atoms with E-state index in [0.717, 1.165) is 23.2 Å². The number of hydrogen-bond acceptors (Lipinski definition) is 4. The Morgan fingerprint density at radius 3 is 2.61 bits per heavy atom. The molecule has 28 heavy (non-hydrogen) atoms. The van der Waals surface area contributed by atoms with E-state index in [1.54, 1.807) is 17.8 Å². The topological polar surface area (TPSA) is 53.5 Å². The number of carbonyl (C=O) groups is 1. The van der Waals surface area contributed by atoms with E-state index in [0.29, 0.717) is 18.1 Å². The maximum Gasteiger partial charge on any atom is 0.237 e. The highest BCUT2D eigenvalue weighted by molar-refractivity contribution is 8.02. The van der Waals surface area contributed by atoms with Crippen LogP contribution in [-0.4, -0.2) is 11.1 Å². The monoisotopic (exact) mass is 413 g/mol. The third kappa shape index (κ3) is 7.35. The van der Waals surface area contributed by atoms with E-state index in [4.69, 9.17) is 11.6 Å². The van der Waals surface area contributed by atoms with Crippen molar-refractivity contribution in [3.8, 4) is 0 Å². The van der Waals surface area contributed by atoms with Crippen LogP contribution in [-0.2, 0) is 11.3 Å². The summed E-state index contributed by atoms with van der Waals surface area (Å²) in [5, 5.41) is 2.66. The lowest BCUT2D eigenvalue weighted by molar-refractivity contribution is -0.121. The molecule has 0 atom stereocenters. The van der Waals surface area contributed by atoms with Crippen LogP contribution in [0.4, 0.5) is 0 Å². The van der Waals surface area contributed by atoms with Gasteiger partial charge in [0.2, 0.25) is 5.91 Å². The smallest absolute Gasteiger partial charge is 0.237 e. The summed E-state index contributed by atoms with van der Waals surface area (Å²) in [4.78, 5) is 16.5. The van der Waals surface area contributed by atoms with Crippen LogP contribution in [0.2, 0.25) is 0 Å². The first kappa shape index (κ1) is 22.0. The molecule has 0 bridgehead atoms. The van der Waals surface area contributed by atoms with Gasteiger partial charge in [0.15, 0.2) is 0 Å². The number of rotatable bonds is 6. The van der Waals surface area contributed by atoms with E-state index in [-0.39, 0.29) is 5.91 Å². The second kappa shape index (κ2) is 12.2. The van der Waals surface area contributed by atoms with Gasteiger partial charge in [-0.3, -0.25) is 10.2 Å². The Labute approximate surface area is 175 Å². The van der Waals surface area contributed by atoms with Gasteiger partial charge in [0.25, 0.3) is 0 Å². The molecule has 1 amide bonds. The van der Waals surface area contributed by atoms with E-state index in [1.165, 1.54) is 4.90 Å². The average molecular weight is 414 g/mol. The molecular weight excluding hydrogens is 390 g/mol. The molecule has 0 aromatic heterocycles. The molecule has 0 saturated heterocycles. The van der Waals surface area contributed by atoms with Crippen LogP contribution in [0.3, 0.4) is 0 Å². The Balaban J connectivity index is 0.000000200. The largest absolute Gasteiger partial charge is 0.291 e. The summed E-state index contributed by atoms with van der Waals surface area (Å²) >= 11 is 7.81. The number of nitrogens with one attached hydrogen (secondary N) is 2. The van der Waals surface area contributed by atoms with Crippen LogP contribution in [0, 0.1) is 0 Å². The first-order valence-electron chi connectivity index (χ1n) is 8.99. The molecule has 1 aliphatic rings. The summed E-state index contributed by atoms with van der Waals surface area (Å²) in [6.07, 6.45) is 2.82. The fraction of sp³-hybridized carbons (Fsp3) is 0.182. The number of hydrazine groups is 1. The van der Waals surface area contributed by atoms with Gasteiger partial charge in [-0.15, -0.1) is 6.58 Å². The number of halogens is 1. The molecular formula is C22H24ClN3OS. The molecule has 0 radical (unpaired) electrons. The number of hydrogen-bond donors (Lipinski definition) is 2.